The molecule has 8 rings (SSSR count). The monoisotopic (exact) mass is 795 g/mol. The van der Waals surface area contributed by atoms with Gasteiger partial charge in [-0.05, 0) is 109 Å². The molecule has 6 aromatic carbocycles. The molecule has 0 aliphatic carbocycles. The van der Waals surface area contributed by atoms with E-state index < -0.39 is 10.9 Å². The zero-order chi connectivity index (χ0) is 38.1. The van der Waals surface area contributed by atoms with Gasteiger partial charge in [-0.25, -0.2) is 0 Å². The Hall–Kier alpha value is -4.20. The third-order valence-electron chi connectivity index (χ3n) is 10.1. The fourth-order valence-electron chi connectivity index (χ4n) is 7.07. The van der Waals surface area contributed by atoms with Gasteiger partial charge in [0.15, 0.2) is 25.5 Å². The zero-order valence-corrected chi connectivity index (χ0v) is 35.2. The second-order valence-electron chi connectivity index (χ2n) is 16.2. The number of aryl methyl sites for hydroxylation is 2. The molecule has 8 aromatic rings. The lowest BCUT2D eigenvalue weighted by Gasteiger charge is -2.25. The van der Waals surface area contributed by atoms with Crippen molar-refractivity contribution in [1.82, 2.24) is 0 Å². The molecule has 0 saturated heterocycles. The van der Waals surface area contributed by atoms with E-state index in [9.17, 15) is 9.59 Å². The van der Waals surface area contributed by atoms with Gasteiger partial charge in [-0.2, -0.15) is 0 Å². The summed E-state index contributed by atoms with van der Waals surface area (Å²) in [6.45, 7) is 18.1. The van der Waals surface area contributed by atoms with Crippen LogP contribution in [0.3, 0.4) is 0 Å². The van der Waals surface area contributed by atoms with Crippen LogP contribution in [0, 0.1) is 13.8 Å². The highest BCUT2D eigenvalue weighted by atomic mass is 32.2. The third kappa shape index (κ3) is 7.31. The Bertz CT molecular complexity index is 2900. The van der Waals surface area contributed by atoms with E-state index in [1.165, 1.54) is 36.9 Å². The van der Waals surface area contributed by atoms with Crippen molar-refractivity contribution in [3.8, 4) is 0 Å². The molecule has 278 valence electrons. The standard InChI is InChI=1S/C48H43O2S4.CH4/c1-28-17-18-30(47(3,4)5)24-43(28)54(32-20-22-41-36(26-32)46(50)34-14-10-12-16-39(34)53-41)44-23-29(2)42(27-37(44)48(6,7)8)51-31-19-21-40-35(25-31)45(49)33-13-9-11-15-38(33)52-40;/h9-27H,1-8H3;1H4/q+1;. The number of rotatable bonds is 5. The maximum atomic E-state index is 14.0. The first-order valence-electron chi connectivity index (χ1n) is 18.3. The molecule has 2 nitrogen and oxygen atoms in total. The highest BCUT2D eigenvalue weighted by Gasteiger charge is 2.38. The lowest BCUT2D eigenvalue weighted by atomic mass is 9.86. The number of benzene rings is 6. The third-order valence-corrected chi connectivity index (χ3v) is 16.0. The van der Waals surface area contributed by atoms with Gasteiger partial charge in [-0.1, -0.05) is 97.1 Å². The van der Waals surface area contributed by atoms with Crippen molar-refractivity contribution < 1.29 is 0 Å². The van der Waals surface area contributed by atoms with Crippen molar-refractivity contribution in [2.45, 2.75) is 98.1 Å². The van der Waals surface area contributed by atoms with Crippen LogP contribution in [0.15, 0.2) is 149 Å². The van der Waals surface area contributed by atoms with Gasteiger partial charge in [-0.3, -0.25) is 9.59 Å². The first kappa shape index (κ1) is 39.1. The lowest BCUT2D eigenvalue weighted by Crippen LogP contribution is -2.20. The molecule has 1 unspecified atom stereocenters. The molecule has 6 heteroatoms. The van der Waals surface area contributed by atoms with Crippen molar-refractivity contribution in [3.05, 3.63) is 158 Å². The summed E-state index contributed by atoms with van der Waals surface area (Å²) in [5.41, 5.74) is 4.98. The summed E-state index contributed by atoms with van der Waals surface area (Å²) in [6, 6.07) is 40.5. The topological polar surface area (TPSA) is 34.1 Å². The summed E-state index contributed by atoms with van der Waals surface area (Å²) in [5, 5.41) is 3.10. The van der Waals surface area contributed by atoms with Gasteiger partial charge in [0.1, 0.15) is 0 Å². The van der Waals surface area contributed by atoms with E-state index in [2.05, 4.69) is 122 Å². The molecular weight excluding hydrogens is 749 g/mol. The zero-order valence-electron chi connectivity index (χ0n) is 31.9. The summed E-state index contributed by atoms with van der Waals surface area (Å²) in [5.74, 6) is 0. The summed E-state index contributed by atoms with van der Waals surface area (Å²) in [4.78, 5) is 33.6. The van der Waals surface area contributed by atoms with Crippen LogP contribution in [-0.2, 0) is 21.7 Å². The number of fused-ring (bicyclic) bond motifs is 4. The fraction of sp³-hybridized carbons (Fsp3) is 0.224. The minimum Gasteiger partial charge on any atom is -0.289 e. The van der Waals surface area contributed by atoms with Crippen molar-refractivity contribution in [2.75, 3.05) is 0 Å². The highest BCUT2D eigenvalue weighted by Crippen LogP contribution is 2.45. The average molecular weight is 796 g/mol. The van der Waals surface area contributed by atoms with Crippen LogP contribution >= 0.6 is 34.4 Å². The van der Waals surface area contributed by atoms with Gasteiger partial charge in [0.25, 0.3) is 0 Å². The number of hydrogen-bond acceptors (Lipinski definition) is 5. The van der Waals surface area contributed by atoms with Crippen molar-refractivity contribution >= 4 is 85.7 Å². The van der Waals surface area contributed by atoms with E-state index in [4.69, 9.17) is 0 Å². The van der Waals surface area contributed by atoms with E-state index in [0.29, 0.717) is 0 Å². The van der Waals surface area contributed by atoms with E-state index in [1.807, 2.05) is 48.5 Å². The molecule has 1 atom stereocenters. The van der Waals surface area contributed by atoms with Crippen LogP contribution in [-0.4, -0.2) is 0 Å². The van der Waals surface area contributed by atoms with Gasteiger partial charge in [0.2, 0.25) is 0 Å². The Balaban J connectivity index is 0.00000465. The smallest absolute Gasteiger partial charge is 0.196 e. The Morgan fingerprint density at radius 1 is 0.527 bits per heavy atom. The van der Waals surface area contributed by atoms with Gasteiger partial charge < -0.3 is 0 Å². The van der Waals surface area contributed by atoms with Crippen molar-refractivity contribution in [1.29, 1.82) is 0 Å². The minimum absolute atomic E-state index is 0. The van der Waals surface area contributed by atoms with Gasteiger partial charge in [0, 0.05) is 67.3 Å². The summed E-state index contributed by atoms with van der Waals surface area (Å²) in [7, 11) is -0.511. The molecule has 55 heavy (non-hydrogen) atoms. The van der Waals surface area contributed by atoms with Gasteiger partial charge >= 0.3 is 0 Å². The van der Waals surface area contributed by atoms with Crippen LogP contribution in [0.5, 0.6) is 0 Å². The quantitative estimate of drug-likeness (QED) is 0.129. The molecule has 0 radical (unpaired) electrons. The maximum absolute atomic E-state index is 14.0. The van der Waals surface area contributed by atoms with Gasteiger partial charge in [0.05, 0.1) is 10.9 Å². The van der Waals surface area contributed by atoms with Crippen LogP contribution in [0.4, 0.5) is 0 Å². The molecule has 0 aliphatic rings. The first-order chi connectivity index (χ1) is 25.7. The molecule has 0 N–H and O–H groups in total. The van der Waals surface area contributed by atoms with E-state index >= 15 is 0 Å². The van der Waals surface area contributed by atoms with Crippen LogP contribution in [0.2, 0.25) is 0 Å². The molecular formula is C49H47O2S4+. The fourth-order valence-corrected chi connectivity index (χ4v) is 12.8. The van der Waals surface area contributed by atoms with Crippen molar-refractivity contribution in [2.24, 2.45) is 0 Å². The van der Waals surface area contributed by atoms with E-state index in [-0.39, 0.29) is 29.1 Å². The molecule has 0 amide bonds. The minimum atomic E-state index is -0.511. The lowest BCUT2D eigenvalue weighted by molar-refractivity contribution is 0.575. The summed E-state index contributed by atoms with van der Waals surface area (Å²) >= 11 is 5.08. The summed E-state index contributed by atoms with van der Waals surface area (Å²) in [6.07, 6.45) is 0. The number of hydrogen-bond donors (Lipinski definition) is 0. The maximum Gasteiger partial charge on any atom is 0.196 e. The second-order valence-corrected chi connectivity index (χ2v) is 21.4. The Morgan fingerprint density at radius 2 is 1.09 bits per heavy atom. The average Bonchev–Trinajstić information content (AvgIpc) is 3.13. The highest BCUT2D eigenvalue weighted by molar-refractivity contribution is 7.99. The molecule has 0 bridgehead atoms. The molecule has 2 heterocycles. The largest absolute Gasteiger partial charge is 0.289 e. The van der Waals surface area contributed by atoms with Crippen LogP contribution in [0.1, 0.15) is 71.2 Å². The van der Waals surface area contributed by atoms with Crippen LogP contribution in [0.25, 0.3) is 40.3 Å². The summed E-state index contributed by atoms with van der Waals surface area (Å²) < 4.78 is 4.05. The normalized spacial score (nSPS) is 12.7. The van der Waals surface area contributed by atoms with Gasteiger partial charge in [-0.15, -0.1) is 22.7 Å². The SMILES string of the molecule is C.Cc1cc([S+](c2ccc3sc4ccccc4c(=O)c3c2)c2cc(C(C)(C)C)ccc2C)c(C(C)(C)C)cc1Sc1ccc2sc3ccccc3c(=O)c2c1. The first-order valence-corrected chi connectivity index (χ1v) is 21.9. The molecule has 2 aromatic heterocycles. The molecule has 0 spiro atoms. The van der Waals surface area contributed by atoms with E-state index in [1.54, 1.807) is 34.4 Å². The van der Waals surface area contributed by atoms with Crippen molar-refractivity contribution in [3.63, 3.8) is 0 Å². The van der Waals surface area contributed by atoms with Crippen LogP contribution < -0.4 is 10.9 Å². The molecule has 0 saturated carbocycles. The molecule has 0 fully saturated rings. The molecule has 0 aliphatic heterocycles. The Morgan fingerprint density at radius 3 is 1.69 bits per heavy atom. The predicted octanol–water partition coefficient (Wildman–Crippen LogP) is 14.2. The second kappa shape index (κ2) is 14.7. The van der Waals surface area contributed by atoms with E-state index in [0.717, 1.165) is 50.1 Å². The Labute approximate surface area is 339 Å². The Kier molecular flexibility index (Phi) is 10.4. The predicted molar refractivity (Wildman–Crippen MR) is 244 cm³/mol.